The van der Waals surface area contributed by atoms with Gasteiger partial charge in [-0.2, -0.15) is 0 Å². The first-order chi connectivity index (χ1) is 12.4. The highest BCUT2D eigenvalue weighted by molar-refractivity contribution is 5.97. The molecule has 1 aliphatic heterocycles. The van der Waals surface area contributed by atoms with E-state index >= 15 is 0 Å². The van der Waals surface area contributed by atoms with Crippen LogP contribution in [0.5, 0.6) is 0 Å². The molecule has 0 aromatic carbocycles. The van der Waals surface area contributed by atoms with Crippen LogP contribution in [0, 0.1) is 0 Å². The molecule has 0 N–H and O–H groups in total. The summed E-state index contributed by atoms with van der Waals surface area (Å²) in [6, 6.07) is 0. The number of carbonyl (C=O) groups is 3. The van der Waals surface area contributed by atoms with Crippen LogP contribution in [0.2, 0.25) is 0 Å². The number of allylic oxidation sites excluding steroid dienone is 1. The average molecular weight is 366 g/mol. The Morgan fingerprint density at radius 2 is 1.88 bits per heavy atom. The predicted octanol–water partition coefficient (Wildman–Crippen LogP) is 3.62. The van der Waals surface area contributed by atoms with Gasteiger partial charge in [-0.3, -0.25) is 14.4 Å². The SMILES string of the molecule is CCCCCC[C@H](OC(C)=O)[C@@H]1CCC2=C(O1)[C@@H](OC(C)=O)CCC2=O. The van der Waals surface area contributed by atoms with Crippen LogP contribution in [0.15, 0.2) is 11.3 Å². The molecular formula is C20H30O6. The summed E-state index contributed by atoms with van der Waals surface area (Å²) in [6.45, 7) is 4.90. The molecule has 2 rings (SSSR count). The zero-order valence-corrected chi connectivity index (χ0v) is 16.0. The summed E-state index contributed by atoms with van der Waals surface area (Å²) in [5.74, 6) is -0.185. The van der Waals surface area contributed by atoms with Crippen molar-refractivity contribution in [3.05, 3.63) is 11.3 Å². The second-order valence-corrected chi connectivity index (χ2v) is 7.09. The van der Waals surface area contributed by atoms with Gasteiger partial charge in [0.25, 0.3) is 0 Å². The molecule has 3 atom stereocenters. The van der Waals surface area contributed by atoms with Gasteiger partial charge >= 0.3 is 11.9 Å². The van der Waals surface area contributed by atoms with Crippen molar-refractivity contribution in [2.24, 2.45) is 0 Å². The molecule has 0 saturated carbocycles. The third-order valence-electron chi connectivity index (χ3n) is 4.90. The van der Waals surface area contributed by atoms with Crippen molar-refractivity contribution in [2.75, 3.05) is 0 Å². The lowest BCUT2D eigenvalue weighted by Crippen LogP contribution is -2.40. The largest absolute Gasteiger partial charge is 0.487 e. The molecular weight excluding hydrogens is 336 g/mol. The van der Waals surface area contributed by atoms with E-state index < -0.39 is 12.1 Å². The molecule has 2 aliphatic rings. The Morgan fingerprint density at radius 1 is 1.12 bits per heavy atom. The minimum absolute atomic E-state index is 0.0637. The lowest BCUT2D eigenvalue weighted by atomic mass is 9.86. The molecule has 0 aromatic rings. The fourth-order valence-electron chi connectivity index (χ4n) is 3.67. The van der Waals surface area contributed by atoms with E-state index in [9.17, 15) is 14.4 Å². The monoisotopic (exact) mass is 366 g/mol. The Hall–Kier alpha value is -1.85. The quantitative estimate of drug-likeness (QED) is 0.482. The molecule has 1 heterocycles. The first-order valence-electron chi connectivity index (χ1n) is 9.69. The third kappa shape index (κ3) is 5.58. The number of ketones is 1. The Labute approximate surface area is 155 Å². The average Bonchev–Trinajstić information content (AvgIpc) is 2.59. The zero-order chi connectivity index (χ0) is 19.1. The number of hydrogen-bond acceptors (Lipinski definition) is 6. The van der Waals surface area contributed by atoms with E-state index in [1.54, 1.807) is 0 Å². The van der Waals surface area contributed by atoms with Gasteiger partial charge in [0, 0.05) is 25.8 Å². The van der Waals surface area contributed by atoms with Crippen LogP contribution in [0.1, 0.15) is 78.6 Å². The number of esters is 2. The number of rotatable bonds is 8. The van der Waals surface area contributed by atoms with E-state index in [1.165, 1.54) is 13.8 Å². The van der Waals surface area contributed by atoms with Gasteiger partial charge in [0.15, 0.2) is 11.9 Å². The molecule has 26 heavy (non-hydrogen) atoms. The van der Waals surface area contributed by atoms with Crippen LogP contribution >= 0.6 is 0 Å². The standard InChI is InChI=1S/C20H30O6/c1-4-5-6-7-8-17(24-13(2)21)18-11-9-15-16(23)10-12-19(20(15)26-18)25-14(3)22/h17-19H,4-12H2,1-3H3/t17-,18-,19-/m0/s1. The van der Waals surface area contributed by atoms with Gasteiger partial charge < -0.3 is 14.2 Å². The summed E-state index contributed by atoms with van der Waals surface area (Å²) in [5, 5.41) is 0. The molecule has 0 aromatic heterocycles. The fourth-order valence-corrected chi connectivity index (χ4v) is 3.67. The van der Waals surface area contributed by atoms with Crippen molar-refractivity contribution >= 4 is 17.7 Å². The first kappa shape index (κ1) is 20.5. The van der Waals surface area contributed by atoms with E-state index in [2.05, 4.69) is 6.92 Å². The summed E-state index contributed by atoms with van der Waals surface area (Å²) >= 11 is 0. The summed E-state index contributed by atoms with van der Waals surface area (Å²) < 4.78 is 17.0. The van der Waals surface area contributed by atoms with E-state index in [-0.39, 0.29) is 24.0 Å². The van der Waals surface area contributed by atoms with Crippen molar-refractivity contribution in [1.82, 2.24) is 0 Å². The van der Waals surface area contributed by atoms with Crippen LogP contribution in [0.4, 0.5) is 0 Å². The predicted molar refractivity (Wildman–Crippen MR) is 95.2 cm³/mol. The summed E-state index contributed by atoms with van der Waals surface area (Å²) in [7, 11) is 0. The van der Waals surface area contributed by atoms with Crippen molar-refractivity contribution in [2.45, 2.75) is 96.9 Å². The lowest BCUT2D eigenvalue weighted by Gasteiger charge is -2.37. The van der Waals surface area contributed by atoms with E-state index in [0.717, 1.165) is 32.1 Å². The molecule has 0 saturated heterocycles. The smallest absolute Gasteiger partial charge is 0.303 e. The molecule has 0 bridgehead atoms. The number of ether oxygens (including phenoxy) is 3. The maximum absolute atomic E-state index is 12.2. The van der Waals surface area contributed by atoms with Crippen molar-refractivity contribution in [3.8, 4) is 0 Å². The maximum atomic E-state index is 12.2. The highest BCUT2D eigenvalue weighted by Crippen LogP contribution is 2.36. The van der Waals surface area contributed by atoms with Crippen molar-refractivity contribution < 1.29 is 28.6 Å². The Balaban J connectivity index is 2.10. The molecule has 0 spiro atoms. The zero-order valence-electron chi connectivity index (χ0n) is 16.0. The van der Waals surface area contributed by atoms with Gasteiger partial charge in [0.1, 0.15) is 18.0 Å². The van der Waals surface area contributed by atoms with Gasteiger partial charge in [-0.1, -0.05) is 26.2 Å². The van der Waals surface area contributed by atoms with Crippen molar-refractivity contribution in [3.63, 3.8) is 0 Å². The van der Waals surface area contributed by atoms with Gasteiger partial charge in [-0.15, -0.1) is 0 Å². The van der Waals surface area contributed by atoms with Gasteiger partial charge in [0.2, 0.25) is 0 Å². The summed E-state index contributed by atoms with van der Waals surface area (Å²) in [6.07, 6.45) is 5.93. The highest BCUT2D eigenvalue weighted by atomic mass is 16.6. The Morgan fingerprint density at radius 3 is 2.54 bits per heavy atom. The van der Waals surface area contributed by atoms with Gasteiger partial charge in [-0.25, -0.2) is 0 Å². The van der Waals surface area contributed by atoms with E-state index in [1.807, 2.05) is 0 Å². The number of unbranched alkanes of at least 4 members (excludes halogenated alkanes) is 3. The lowest BCUT2D eigenvalue weighted by molar-refractivity contribution is -0.159. The van der Waals surface area contributed by atoms with Crippen LogP contribution in [0.3, 0.4) is 0 Å². The normalized spacial score (nSPS) is 23.7. The first-order valence-corrected chi connectivity index (χ1v) is 9.69. The van der Waals surface area contributed by atoms with Crippen molar-refractivity contribution in [1.29, 1.82) is 0 Å². The number of carbonyl (C=O) groups excluding carboxylic acids is 3. The van der Waals surface area contributed by atoms with Gasteiger partial charge in [0.05, 0.1) is 0 Å². The summed E-state index contributed by atoms with van der Waals surface area (Å²) in [4.78, 5) is 35.1. The number of Topliss-reactive ketones (excluding diaryl/α,β-unsaturated/α-hetero) is 1. The molecule has 0 fully saturated rings. The highest BCUT2D eigenvalue weighted by Gasteiger charge is 2.39. The fraction of sp³-hybridized carbons (Fsp3) is 0.750. The molecule has 1 aliphatic carbocycles. The molecule has 146 valence electrons. The minimum Gasteiger partial charge on any atom is -0.487 e. The second-order valence-electron chi connectivity index (χ2n) is 7.09. The molecule has 6 nitrogen and oxygen atoms in total. The second kappa shape index (κ2) is 9.74. The van der Waals surface area contributed by atoms with Crippen LogP contribution in [0.25, 0.3) is 0 Å². The van der Waals surface area contributed by atoms with Crippen LogP contribution in [-0.4, -0.2) is 36.0 Å². The number of hydrogen-bond donors (Lipinski definition) is 0. The molecule has 0 radical (unpaired) electrons. The minimum atomic E-state index is -0.513. The van der Waals surface area contributed by atoms with E-state index in [0.29, 0.717) is 37.0 Å². The summed E-state index contributed by atoms with van der Waals surface area (Å²) in [5.41, 5.74) is 0.631. The van der Waals surface area contributed by atoms with Crippen LogP contribution in [-0.2, 0) is 28.6 Å². The van der Waals surface area contributed by atoms with Gasteiger partial charge in [-0.05, 0) is 32.1 Å². The Bertz CT molecular complexity index is 565. The molecule has 6 heteroatoms. The third-order valence-corrected chi connectivity index (χ3v) is 4.90. The van der Waals surface area contributed by atoms with Crippen LogP contribution < -0.4 is 0 Å². The Kier molecular flexibility index (Phi) is 7.66. The van der Waals surface area contributed by atoms with E-state index in [4.69, 9.17) is 14.2 Å². The topological polar surface area (TPSA) is 78.9 Å². The molecule has 0 amide bonds. The molecule has 0 unspecified atom stereocenters. The maximum Gasteiger partial charge on any atom is 0.303 e.